The minimum Gasteiger partial charge on any atom is -0.338 e. The fraction of sp³-hybridized carbons (Fsp3) is 0.0588. The highest BCUT2D eigenvalue weighted by Gasteiger charge is 2.20. The Bertz CT molecular complexity index is 980. The molecule has 0 atom stereocenters. The maximum atomic E-state index is 12.2. The molecule has 2 N–H and O–H groups in total. The second-order valence-corrected chi connectivity index (χ2v) is 6.99. The summed E-state index contributed by atoms with van der Waals surface area (Å²) in [6.07, 6.45) is 1.44. The summed E-state index contributed by atoms with van der Waals surface area (Å²) in [5.41, 5.74) is 2.24. The summed E-state index contributed by atoms with van der Waals surface area (Å²) in [6.45, 7) is 1.84. The number of urea groups is 1. The molecule has 2 aromatic carbocycles. The van der Waals surface area contributed by atoms with Gasteiger partial charge in [-0.05, 0) is 24.6 Å². The molecule has 1 aromatic heterocycles. The van der Waals surface area contributed by atoms with Crippen molar-refractivity contribution in [2.24, 2.45) is 0 Å². The van der Waals surface area contributed by atoms with E-state index in [2.05, 4.69) is 10.5 Å². The quantitative estimate of drug-likeness (QED) is 0.747. The van der Waals surface area contributed by atoms with Gasteiger partial charge in [0.2, 0.25) is 5.88 Å². The third-order valence-electron chi connectivity index (χ3n) is 3.44. The monoisotopic (exact) mass is 357 g/mol. The van der Waals surface area contributed by atoms with Crippen LogP contribution < -0.4 is 10.0 Å². The van der Waals surface area contributed by atoms with Crippen molar-refractivity contribution in [3.63, 3.8) is 0 Å². The number of benzene rings is 2. The lowest BCUT2D eigenvalue weighted by Gasteiger charge is -2.08. The van der Waals surface area contributed by atoms with Gasteiger partial charge in [0.15, 0.2) is 0 Å². The predicted molar refractivity (Wildman–Crippen MR) is 92.5 cm³/mol. The molecular formula is C17H15N3O4S. The van der Waals surface area contributed by atoms with Gasteiger partial charge in [-0.15, -0.1) is 0 Å². The minimum absolute atomic E-state index is 0.00546. The third-order valence-corrected chi connectivity index (χ3v) is 4.79. The van der Waals surface area contributed by atoms with Crippen LogP contribution >= 0.6 is 0 Å². The predicted octanol–water partition coefficient (Wildman–Crippen LogP) is 3.16. The van der Waals surface area contributed by atoms with E-state index in [9.17, 15) is 13.2 Å². The summed E-state index contributed by atoms with van der Waals surface area (Å²) in [5, 5.41) is 6.02. The molecule has 7 nitrogen and oxygen atoms in total. The number of aryl methyl sites for hydroxylation is 1. The number of sulfonamides is 1. The number of aromatic nitrogens is 1. The summed E-state index contributed by atoms with van der Waals surface area (Å²) >= 11 is 0. The Balaban J connectivity index is 1.76. The molecule has 3 aromatic rings. The molecule has 128 valence electrons. The first-order valence-corrected chi connectivity index (χ1v) is 8.84. The molecule has 25 heavy (non-hydrogen) atoms. The van der Waals surface area contributed by atoms with Crippen molar-refractivity contribution in [3.05, 3.63) is 66.4 Å². The Labute approximate surface area is 144 Å². The van der Waals surface area contributed by atoms with E-state index in [-0.39, 0.29) is 10.8 Å². The first-order chi connectivity index (χ1) is 12.0. The van der Waals surface area contributed by atoms with Crippen LogP contribution in [0.15, 0.2) is 70.2 Å². The van der Waals surface area contributed by atoms with Crippen LogP contribution in [0.4, 0.5) is 10.7 Å². The van der Waals surface area contributed by atoms with Gasteiger partial charge in [0, 0.05) is 0 Å². The van der Waals surface area contributed by atoms with Gasteiger partial charge in [0.1, 0.15) is 0 Å². The van der Waals surface area contributed by atoms with E-state index in [4.69, 9.17) is 4.52 Å². The van der Waals surface area contributed by atoms with Crippen LogP contribution in [0.25, 0.3) is 11.1 Å². The molecule has 0 unspecified atom stereocenters. The van der Waals surface area contributed by atoms with Crippen LogP contribution in [0.3, 0.4) is 0 Å². The zero-order valence-electron chi connectivity index (χ0n) is 13.3. The number of anilines is 1. The molecule has 0 aliphatic heterocycles. The SMILES string of the molecule is Cc1ccc(S(=O)(=O)NC(=O)Nc2oncc2-c2ccccc2)cc1. The molecular weight excluding hydrogens is 342 g/mol. The lowest BCUT2D eigenvalue weighted by Crippen LogP contribution is -2.34. The highest BCUT2D eigenvalue weighted by Crippen LogP contribution is 2.27. The lowest BCUT2D eigenvalue weighted by molar-refractivity contribution is 0.255. The Morgan fingerprint density at radius 3 is 2.40 bits per heavy atom. The van der Waals surface area contributed by atoms with E-state index in [1.165, 1.54) is 18.3 Å². The number of hydrogen-bond donors (Lipinski definition) is 2. The summed E-state index contributed by atoms with van der Waals surface area (Å²) in [6, 6.07) is 14.4. The molecule has 0 fully saturated rings. The van der Waals surface area contributed by atoms with E-state index in [1.807, 2.05) is 42.0 Å². The molecule has 2 amide bonds. The summed E-state index contributed by atoms with van der Waals surface area (Å²) in [4.78, 5) is 12.1. The van der Waals surface area contributed by atoms with Gasteiger partial charge in [-0.1, -0.05) is 53.2 Å². The van der Waals surface area contributed by atoms with Crippen molar-refractivity contribution >= 4 is 21.9 Å². The van der Waals surface area contributed by atoms with Crippen LogP contribution in [0.1, 0.15) is 5.56 Å². The number of rotatable bonds is 4. The maximum absolute atomic E-state index is 12.2. The lowest BCUT2D eigenvalue weighted by atomic mass is 10.1. The molecule has 0 aliphatic rings. The van der Waals surface area contributed by atoms with Crippen molar-refractivity contribution in [1.82, 2.24) is 9.88 Å². The molecule has 0 bridgehead atoms. The molecule has 0 saturated heterocycles. The van der Waals surface area contributed by atoms with E-state index >= 15 is 0 Å². The fourth-order valence-corrected chi connectivity index (χ4v) is 3.09. The number of carbonyl (C=O) groups is 1. The topological polar surface area (TPSA) is 101 Å². The molecule has 0 aliphatic carbocycles. The first-order valence-electron chi connectivity index (χ1n) is 7.36. The van der Waals surface area contributed by atoms with E-state index in [0.717, 1.165) is 11.1 Å². The van der Waals surface area contributed by atoms with Crippen LogP contribution in [-0.2, 0) is 10.0 Å². The van der Waals surface area contributed by atoms with Gasteiger partial charge >= 0.3 is 6.03 Å². The van der Waals surface area contributed by atoms with E-state index in [0.29, 0.717) is 5.56 Å². The molecule has 0 spiro atoms. The molecule has 1 heterocycles. The summed E-state index contributed by atoms with van der Waals surface area (Å²) < 4.78 is 31.4. The molecule has 0 radical (unpaired) electrons. The van der Waals surface area contributed by atoms with Gasteiger partial charge < -0.3 is 4.52 Å². The van der Waals surface area contributed by atoms with Gasteiger partial charge in [-0.3, -0.25) is 5.32 Å². The fourth-order valence-electron chi connectivity index (χ4n) is 2.18. The summed E-state index contributed by atoms with van der Waals surface area (Å²) in [7, 11) is -3.98. The second-order valence-electron chi connectivity index (χ2n) is 5.31. The average molecular weight is 357 g/mol. The number of nitrogens with zero attached hydrogens (tertiary/aromatic N) is 1. The Kier molecular flexibility index (Phi) is 4.53. The molecule has 0 saturated carbocycles. The van der Waals surface area contributed by atoms with Crippen molar-refractivity contribution < 1.29 is 17.7 Å². The first kappa shape index (κ1) is 16.7. The zero-order valence-corrected chi connectivity index (χ0v) is 14.1. The number of amides is 2. The number of carbonyl (C=O) groups excluding carboxylic acids is 1. The highest BCUT2D eigenvalue weighted by atomic mass is 32.2. The van der Waals surface area contributed by atoms with Gasteiger partial charge in [-0.2, -0.15) is 0 Å². The van der Waals surface area contributed by atoms with E-state index < -0.39 is 16.1 Å². The van der Waals surface area contributed by atoms with Gasteiger partial charge in [0.25, 0.3) is 10.0 Å². The smallest absolute Gasteiger partial charge is 0.335 e. The van der Waals surface area contributed by atoms with Gasteiger partial charge in [-0.25, -0.2) is 17.9 Å². The van der Waals surface area contributed by atoms with Crippen molar-refractivity contribution in [2.75, 3.05) is 5.32 Å². The summed E-state index contributed by atoms with van der Waals surface area (Å²) in [5.74, 6) is 0.0582. The Hall–Kier alpha value is -3.13. The average Bonchev–Trinajstić information content (AvgIpc) is 3.03. The normalized spacial score (nSPS) is 11.1. The van der Waals surface area contributed by atoms with Crippen molar-refractivity contribution in [3.8, 4) is 11.1 Å². The largest absolute Gasteiger partial charge is 0.338 e. The minimum atomic E-state index is -3.98. The highest BCUT2D eigenvalue weighted by molar-refractivity contribution is 7.90. The van der Waals surface area contributed by atoms with Gasteiger partial charge in [0.05, 0.1) is 16.7 Å². The number of nitrogens with one attached hydrogen (secondary N) is 2. The van der Waals surface area contributed by atoms with Crippen molar-refractivity contribution in [2.45, 2.75) is 11.8 Å². The molecule has 8 heteroatoms. The van der Waals surface area contributed by atoms with Crippen LogP contribution in [0, 0.1) is 6.92 Å². The Morgan fingerprint density at radius 2 is 1.72 bits per heavy atom. The van der Waals surface area contributed by atoms with Crippen LogP contribution in [-0.4, -0.2) is 19.6 Å². The van der Waals surface area contributed by atoms with Crippen LogP contribution in [0.5, 0.6) is 0 Å². The molecule has 3 rings (SSSR count). The van der Waals surface area contributed by atoms with Crippen LogP contribution in [0.2, 0.25) is 0 Å². The number of hydrogen-bond acceptors (Lipinski definition) is 5. The Morgan fingerprint density at radius 1 is 1.04 bits per heavy atom. The maximum Gasteiger partial charge on any atom is 0.335 e. The zero-order chi connectivity index (χ0) is 17.9. The van der Waals surface area contributed by atoms with Crippen molar-refractivity contribution in [1.29, 1.82) is 0 Å². The third kappa shape index (κ3) is 3.86. The standard InChI is InChI=1S/C17H15N3O4S/c1-12-7-9-14(10-8-12)25(22,23)20-17(21)19-16-15(11-18-24-16)13-5-3-2-4-6-13/h2-11H,1H3,(H2,19,20,21). The second kappa shape index (κ2) is 6.78. The van der Waals surface area contributed by atoms with E-state index in [1.54, 1.807) is 12.1 Å².